The molecule has 1 aliphatic rings. The van der Waals surface area contributed by atoms with Crippen molar-refractivity contribution in [2.24, 2.45) is 0 Å². The summed E-state index contributed by atoms with van der Waals surface area (Å²) in [5.74, 6) is 1.20. The number of anilines is 1. The third kappa shape index (κ3) is 1.77. The first-order chi connectivity index (χ1) is 6.49. The molecule has 1 aromatic heterocycles. The van der Waals surface area contributed by atoms with Gasteiger partial charge in [0, 0.05) is 15.4 Å². The smallest absolute Gasteiger partial charge is 0.183 e. The molecular weight excluding hydrogens is 212 g/mol. The van der Waals surface area contributed by atoms with Crippen molar-refractivity contribution in [2.45, 2.75) is 38.5 Å². The Morgan fingerprint density at radius 1 is 1.43 bits per heavy atom. The van der Waals surface area contributed by atoms with E-state index in [9.17, 15) is 0 Å². The third-order valence-corrected chi connectivity index (χ3v) is 5.32. The lowest BCUT2D eigenvalue weighted by molar-refractivity contribution is 0.576. The number of hydrogen-bond donors (Lipinski definition) is 1. The Kier molecular flexibility index (Phi) is 2.52. The van der Waals surface area contributed by atoms with E-state index in [0.717, 1.165) is 10.8 Å². The van der Waals surface area contributed by atoms with Crippen LogP contribution >= 0.6 is 23.1 Å². The van der Waals surface area contributed by atoms with E-state index < -0.39 is 0 Å². The quantitative estimate of drug-likeness (QED) is 0.842. The van der Waals surface area contributed by atoms with Crippen molar-refractivity contribution in [3.63, 3.8) is 0 Å². The highest BCUT2D eigenvalue weighted by atomic mass is 32.2. The molecule has 0 aliphatic carbocycles. The first-order valence-corrected chi connectivity index (χ1v) is 6.64. The lowest BCUT2D eigenvalue weighted by Gasteiger charge is -2.43. The predicted octanol–water partition coefficient (Wildman–Crippen LogP) is 3.07. The molecule has 2 rings (SSSR count). The first kappa shape index (κ1) is 10.3. The molecule has 0 saturated carbocycles. The second-order valence-electron chi connectivity index (χ2n) is 4.27. The SMILES string of the molecule is Cc1nc(NC2CSC2(C)C)sc1C. The number of nitrogens with one attached hydrogen (secondary N) is 1. The fraction of sp³-hybridized carbons (Fsp3) is 0.700. The van der Waals surface area contributed by atoms with Gasteiger partial charge >= 0.3 is 0 Å². The Hall–Kier alpha value is -0.220. The third-order valence-electron chi connectivity index (χ3n) is 2.79. The normalized spacial score (nSPS) is 24.4. The van der Waals surface area contributed by atoms with Crippen LogP contribution in [0, 0.1) is 13.8 Å². The van der Waals surface area contributed by atoms with Crippen LogP contribution in [-0.2, 0) is 0 Å². The summed E-state index contributed by atoms with van der Waals surface area (Å²) in [4.78, 5) is 5.81. The van der Waals surface area contributed by atoms with Gasteiger partial charge in [0.15, 0.2) is 5.13 Å². The summed E-state index contributed by atoms with van der Waals surface area (Å²) in [5, 5.41) is 4.60. The minimum Gasteiger partial charge on any atom is -0.357 e. The maximum absolute atomic E-state index is 4.50. The van der Waals surface area contributed by atoms with Gasteiger partial charge in [-0.1, -0.05) is 0 Å². The van der Waals surface area contributed by atoms with E-state index in [1.807, 2.05) is 11.8 Å². The van der Waals surface area contributed by atoms with E-state index in [1.165, 1.54) is 10.6 Å². The number of aryl methyl sites for hydroxylation is 2. The van der Waals surface area contributed by atoms with Crippen molar-refractivity contribution in [3.05, 3.63) is 10.6 Å². The van der Waals surface area contributed by atoms with Gasteiger partial charge in [0.25, 0.3) is 0 Å². The van der Waals surface area contributed by atoms with Crippen LogP contribution in [0.3, 0.4) is 0 Å². The highest BCUT2D eigenvalue weighted by molar-refractivity contribution is 8.02. The van der Waals surface area contributed by atoms with Crippen molar-refractivity contribution in [1.29, 1.82) is 0 Å². The van der Waals surface area contributed by atoms with Gasteiger partial charge in [-0.05, 0) is 27.7 Å². The van der Waals surface area contributed by atoms with Crippen LogP contribution in [0.15, 0.2) is 0 Å². The molecule has 0 spiro atoms. The van der Waals surface area contributed by atoms with Crippen LogP contribution in [-0.4, -0.2) is 21.5 Å². The molecule has 1 atom stereocenters. The molecule has 1 aliphatic heterocycles. The topological polar surface area (TPSA) is 24.9 Å². The molecule has 0 radical (unpaired) electrons. The van der Waals surface area contributed by atoms with E-state index in [-0.39, 0.29) is 0 Å². The number of thioether (sulfide) groups is 1. The Bertz CT molecular complexity index is 324. The summed E-state index contributed by atoms with van der Waals surface area (Å²) in [5.41, 5.74) is 1.15. The highest BCUT2D eigenvalue weighted by Gasteiger charge is 2.39. The summed E-state index contributed by atoms with van der Waals surface area (Å²) < 4.78 is 0.369. The number of rotatable bonds is 2. The average Bonchev–Trinajstić information content (AvgIpc) is 2.41. The van der Waals surface area contributed by atoms with Gasteiger partial charge in [-0.3, -0.25) is 0 Å². The fourth-order valence-corrected chi connectivity index (χ4v) is 3.41. The molecule has 1 saturated heterocycles. The largest absolute Gasteiger partial charge is 0.357 e. The van der Waals surface area contributed by atoms with Crippen LogP contribution in [0.4, 0.5) is 5.13 Å². The zero-order valence-electron chi connectivity index (χ0n) is 9.05. The van der Waals surface area contributed by atoms with Gasteiger partial charge in [-0.15, -0.1) is 11.3 Å². The molecule has 0 aromatic carbocycles. The number of hydrogen-bond acceptors (Lipinski definition) is 4. The Balaban J connectivity index is 2.05. The van der Waals surface area contributed by atoms with Gasteiger partial charge in [-0.25, -0.2) is 4.98 Å². The molecule has 2 heterocycles. The van der Waals surface area contributed by atoms with Crippen LogP contribution < -0.4 is 5.32 Å². The van der Waals surface area contributed by atoms with Crippen LogP contribution in [0.2, 0.25) is 0 Å². The fourth-order valence-electron chi connectivity index (χ4n) is 1.40. The van der Waals surface area contributed by atoms with Gasteiger partial charge < -0.3 is 5.32 Å². The molecule has 1 unspecified atom stereocenters. The molecule has 1 N–H and O–H groups in total. The van der Waals surface area contributed by atoms with E-state index in [2.05, 4.69) is 38.0 Å². The highest BCUT2D eigenvalue weighted by Crippen LogP contribution is 2.42. The second-order valence-corrected chi connectivity index (χ2v) is 7.15. The Morgan fingerprint density at radius 3 is 2.50 bits per heavy atom. The van der Waals surface area contributed by atoms with Gasteiger partial charge in [-0.2, -0.15) is 11.8 Å². The minimum atomic E-state index is 0.369. The van der Waals surface area contributed by atoms with Crippen molar-refractivity contribution in [3.8, 4) is 0 Å². The van der Waals surface area contributed by atoms with Crippen LogP contribution in [0.25, 0.3) is 0 Å². The molecule has 14 heavy (non-hydrogen) atoms. The second kappa shape index (κ2) is 3.42. The number of thiazole rings is 1. The maximum atomic E-state index is 4.50. The Morgan fingerprint density at radius 2 is 2.14 bits per heavy atom. The maximum Gasteiger partial charge on any atom is 0.183 e. The molecule has 4 heteroatoms. The van der Waals surface area contributed by atoms with Gasteiger partial charge in [0.1, 0.15) is 0 Å². The van der Waals surface area contributed by atoms with E-state index in [0.29, 0.717) is 10.8 Å². The molecule has 1 fully saturated rings. The molecule has 1 aromatic rings. The molecule has 0 amide bonds. The van der Waals surface area contributed by atoms with E-state index >= 15 is 0 Å². The summed E-state index contributed by atoms with van der Waals surface area (Å²) in [6.07, 6.45) is 0. The van der Waals surface area contributed by atoms with Crippen LogP contribution in [0.1, 0.15) is 24.4 Å². The molecular formula is C10H16N2S2. The van der Waals surface area contributed by atoms with Crippen molar-refractivity contribution >= 4 is 28.2 Å². The Labute approximate surface area is 93.5 Å². The predicted molar refractivity (Wildman–Crippen MR) is 65.5 cm³/mol. The molecule has 78 valence electrons. The monoisotopic (exact) mass is 228 g/mol. The van der Waals surface area contributed by atoms with Crippen molar-refractivity contribution in [1.82, 2.24) is 4.98 Å². The van der Waals surface area contributed by atoms with E-state index in [1.54, 1.807) is 11.3 Å². The number of nitrogens with zero attached hydrogens (tertiary/aromatic N) is 1. The summed E-state index contributed by atoms with van der Waals surface area (Å²) in [7, 11) is 0. The lowest BCUT2D eigenvalue weighted by Crippen LogP contribution is -2.50. The first-order valence-electron chi connectivity index (χ1n) is 4.83. The molecule has 0 bridgehead atoms. The van der Waals surface area contributed by atoms with Gasteiger partial charge in [0.2, 0.25) is 0 Å². The molecule has 2 nitrogen and oxygen atoms in total. The van der Waals surface area contributed by atoms with Crippen LogP contribution in [0.5, 0.6) is 0 Å². The summed E-state index contributed by atoms with van der Waals surface area (Å²) >= 11 is 3.78. The summed E-state index contributed by atoms with van der Waals surface area (Å²) in [6.45, 7) is 8.76. The van der Waals surface area contributed by atoms with Crippen molar-refractivity contribution < 1.29 is 0 Å². The van der Waals surface area contributed by atoms with Crippen molar-refractivity contribution in [2.75, 3.05) is 11.1 Å². The summed E-state index contributed by atoms with van der Waals surface area (Å²) in [6, 6.07) is 0.581. The number of aromatic nitrogens is 1. The van der Waals surface area contributed by atoms with E-state index in [4.69, 9.17) is 0 Å². The minimum absolute atomic E-state index is 0.369. The lowest BCUT2D eigenvalue weighted by atomic mass is 10.0. The zero-order chi connectivity index (χ0) is 10.3. The zero-order valence-corrected chi connectivity index (χ0v) is 10.7. The standard InChI is InChI=1S/C10H16N2S2/c1-6-7(2)14-9(11-6)12-8-5-13-10(8,3)4/h8H,5H2,1-4H3,(H,11,12). The average molecular weight is 228 g/mol. The van der Waals surface area contributed by atoms with Gasteiger partial charge in [0.05, 0.1) is 11.7 Å².